The maximum Gasteiger partial charge on any atom is 0.126 e. The highest BCUT2D eigenvalue weighted by Crippen LogP contribution is 2.40. The van der Waals surface area contributed by atoms with Crippen molar-refractivity contribution in [2.75, 3.05) is 0 Å². The van der Waals surface area contributed by atoms with E-state index in [2.05, 4.69) is 71.9 Å². The Kier molecular flexibility index (Phi) is 7.52. The second-order valence-electron chi connectivity index (χ2n) is 11.9. The first-order valence-corrected chi connectivity index (χ1v) is 14.9. The Morgan fingerprint density at radius 3 is 1.82 bits per heavy atom. The number of phenolic OH excluding ortho intramolecular Hbond substituents is 2. The lowest BCUT2D eigenvalue weighted by Crippen LogP contribution is -1.93. The van der Waals surface area contributed by atoms with Gasteiger partial charge in [-0.1, -0.05) is 59.7 Å². The van der Waals surface area contributed by atoms with Crippen LogP contribution in [0.25, 0.3) is 44.3 Å². The van der Waals surface area contributed by atoms with Crippen molar-refractivity contribution in [2.45, 2.75) is 41.5 Å². The van der Waals surface area contributed by atoms with Crippen LogP contribution in [0.4, 0.5) is 5.69 Å². The van der Waals surface area contributed by atoms with Gasteiger partial charge < -0.3 is 10.2 Å². The molecule has 0 radical (unpaired) electrons. The molecule has 0 bridgehead atoms. The quantitative estimate of drug-likeness (QED) is 0.201. The van der Waals surface area contributed by atoms with Crippen molar-refractivity contribution in [3.63, 3.8) is 0 Å². The van der Waals surface area contributed by atoms with Gasteiger partial charge in [0.15, 0.2) is 0 Å². The molecule has 0 amide bonds. The van der Waals surface area contributed by atoms with Crippen LogP contribution in [0.1, 0.15) is 39.1 Å². The summed E-state index contributed by atoms with van der Waals surface area (Å²) in [6.07, 6.45) is 1.70. The van der Waals surface area contributed by atoms with E-state index < -0.39 is 0 Å². The zero-order valence-corrected chi connectivity index (χ0v) is 26.0. The number of fused-ring (bicyclic) bond motifs is 1. The van der Waals surface area contributed by atoms with Gasteiger partial charge in [0, 0.05) is 10.9 Å². The fourth-order valence-electron chi connectivity index (χ4n) is 6.62. The smallest absolute Gasteiger partial charge is 0.126 e. The third kappa shape index (κ3) is 5.47. The molecule has 5 aromatic carbocycles. The van der Waals surface area contributed by atoms with Crippen LogP contribution >= 0.6 is 0 Å². The molecule has 0 fully saturated rings. The first-order valence-electron chi connectivity index (χ1n) is 14.9. The van der Waals surface area contributed by atoms with Gasteiger partial charge in [-0.15, -0.1) is 0 Å². The van der Waals surface area contributed by atoms with Crippen LogP contribution < -0.4 is 0 Å². The van der Waals surface area contributed by atoms with Gasteiger partial charge in [-0.3, -0.25) is 4.99 Å². The highest BCUT2D eigenvalue weighted by Gasteiger charge is 2.14. The summed E-state index contributed by atoms with van der Waals surface area (Å²) < 4.78 is 0. The Bertz CT molecular complexity index is 2060. The SMILES string of the molecule is Cc1cc(C)c(-c2ccc(-c3cccc(C=Nc4cccc5cc(-c6c(C)cc(C)cc6C)cc(O)c45)n3)c(O)c2)c(C)c1. The molecule has 0 saturated heterocycles. The largest absolute Gasteiger partial charge is 0.507 e. The molecular formula is C40H36N2O2. The number of hydrogen-bond acceptors (Lipinski definition) is 4. The van der Waals surface area contributed by atoms with E-state index in [0.29, 0.717) is 28.0 Å². The van der Waals surface area contributed by atoms with Crippen LogP contribution in [0.3, 0.4) is 0 Å². The zero-order valence-electron chi connectivity index (χ0n) is 26.0. The summed E-state index contributed by atoms with van der Waals surface area (Å²) >= 11 is 0. The minimum atomic E-state index is 0.178. The van der Waals surface area contributed by atoms with Crippen molar-refractivity contribution in [1.82, 2.24) is 4.98 Å². The fraction of sp³-hybridized carbons (Fsp3) is 0.150. The number of aryl methyl sites for hydroxylation is 6. The Hall–Kier alpha value is -5.22. The summed E-state index contributed by atoms with van der Waals surface area (Å²) in [5.41, 5.74) is 14.0. The molecule has 0 aliphatic rings. The fourth-order valence-corrected chi connectivity index (χ4v) is 6.62. The van der Waals surface area contributed by atoms with Gasteiger partial charge in [0.25, 0.3) is 0 Å². The van der Waals surface area contributed by atoms with Crippen LogP contribution in [-0.2, 0) is 0 Å². The zero-order chi connectivity index (χ0) is 31.1. The Balaban J connectivity index is 1.32. The van der Waals surface area contributed by atoms with Crippen molar-refractivity contribution >= 4 is 22.7 Å². The molecule has 0 unspecified atom stereocenters. The number of pyridine rings is 1. The molecule has 6 rings (SSSR count). The molecule has 44 heavy (non-hydrogen) atoms. The molecule has 4 heteroatoms. The van der Waals surface area contributed by atoms with Crippen LogP contribution in [-0.4, -0.2) is 21.4 Å². The third-order valence-electron chi connectivity index (χ3n) is 8.25. The summed E-state index contributed by atoms with van der Waals surface area (Å²) in [6.45, 7) is 12.6. The third-order valence-corrected chi connectivity index (χ3v) is 8.25. The van der Waals surface area contributed by atoms with Crippen molar-refractivity contribution in [3.05, 3.63) is 130 Å². The number of hydrogen-bond donors (Lipinski definition) is 2. The van der Waals surface area contributed by atoms with Gasteiger partial charge in [-0.25, -0.2) is 4.98 Å². The average molecular weight is 577 g/mol. The molecule has 0 aliphatic heterocycles. The molecular weight excluding hydrogens is 540 g/mol. The monoisotopic (exact) mass is 576 g/mol. The number of aromatic nitrogens is 1. The van der Waals surface area contributed by atoms with Gasteiger partial charge in [0.1, 0.15) is 11.5 Å². The van der Waals surface area contributed by atoms with Crippen molar-refractivity contribution in [2.24, 2.45) is 4.99 Å². The summed E-state index contributed by atoms with van der Waals surface area (Å²) in [5, 5.41) is 23.8. The molecule has 4 nitrogen and oxygen atoms in total. The average Bonchev–Trinajstić information content (AvgIpc) is 2.95. The van der Waals surface area contributed by atoms with Crippen LogP contribution in [0, 0.1) is 41.5 Å². The van der Waals surface area contributed by atoms with Crippen LogP contribution in [0.2, 0.25) is 0 Å². The van der Waals surface area contributed by atoms with E-state index in [-0.39, 0.29) is 11.5 Å². The van der Waals surface area contributed by atoms with E-state index >= 15 is 0 Å². The number of nitrogens with zero attached hydrogens (tertiary/aromatic N) is 2. The summed E-state index contributed by atoms with van der Waals surface area (Å²) in [6, 6.07) is 29.9. The predicted molar refractivity (Wildman–Crippen MR) is 183 cm³/mol. The van der Waals surface area contributed by atoms with E-state index in [9.17, 15) is 10.2 Å². The van der Waals surface area contributed by atoms with E-state index in [1.807, 2.05) is 60.7 Å². The maximum atomic E-state index is 11.2. The summed E-state index contributed by atoms with van der Waals surface area (Å²) in [7, 11) is 0. The highest BCUT2D eigenvalue weighted by molar-refractivity contribution is 6.01. The molecule has 1 aromatic heterocycles. The first-order chi connectivity index (χ1) is 21.1. The lowest BCUT2D eigenvalue weighted by Gasteiger charge is -2.14. The lowest BCUT2D eigenvalue weighted by atomic mass is 9.92. The highest BCUT2D eigenvalue weighted by atomic mass is 16.3. The minimum Gasteiger partial charge on any atom is -0.507 e. The number of benzene rings is 5. The maximum absolute atomic E-state index is 11.2. The molecule has 218 valence electrons. The number of phenols is 2. The van der Waals surface area contributed by atoms with Gasteiger partial charge >= 0.3 is 0 Å². The van der Waals surface area contributed by atoms with Crippen molar-refractivity contribution < 1.29 is 10.2 Å². The Morgan fingerprint density at radius 2 is 1.18 bits per heavy atom. The Labute approximate surface area is 259 Å². The van der Waals surface area contributed by atoms with Crippen LogP contribution in [0.5, 0.6) is 11.5 Å². The van der Waals surface area contributed by atoms with Gasteiger partial charge in [0.2, 0.25) is 0 Å². The van der Waals surface area contributed by atoms with E-state index in [1.54, 1.807) is 6.21 Å². The van der Waals surface area contributed by atoms with Gasteiger partial charge in [-0.05, 0) is 134 Å². The topological polar surface area (TPSA) is 65.7 Å². The number of aromatic hydroxyl groups is 2. The van der Waals surface area contributed by atoms with Crippen molar-refractivity contribution in [1.29, 1.82) is 0 Å². The molecule has 0 aliphatic carbocycles. The van der Waals surface area contributed by atoms with E-state index in [1.165, 1.54) is 33.4 Å². The standard InChI is InChI=1S/C40H36N2O2/c1-23-15-25(3)38(26(4)16-23)30-13-14-33(36(43)20-30)34-11-8-10-32(42-34)22-41-35-12-7-9-29-19-31(21-37(44)40(29)35)39-27(5)17-24(2)18-28(39)6/h7-22,43-44H,1-6H3. The minimum absolute atomic E-state index is 0.178. The van der Waals surface area contributed by atoms with Gasteiger partial charge in [-0.2, -0.15) is 0 Å². The molecule has 0 spiro atoms. The van der Waals surface area contributed by atoms with Crippen LogP contribution in [0.15, 0.2) is 96.0 Å². The summed E-state index contributed by atoms with van der Waals surface area (Å²) in [5.74, 6) is 0.368. The summed E-state index contributed by atoms with van der Waals surface area (Å²) in [4.78, 5) is 9.52. The van der Waals surface area contributed by atoms with E-state index in [0.717, 1.165) is 27.6 Å². The Morgan fingerprint density at radius 1 is 0.591 bits per heavy atom. The predicted octanol–water partition coefficient (Wildman–Crippen LogP) is 10.2. The number of aliphatic imine (C=N–C) groups is 1. The van der Waals surface area contributed by atoms with E-state index in [4.69, 9.17) is 9.98 Å². The molecule has 0 saturated carbocycles. The molecule has 6 aromatic rings. The molecule has 2 N–H and O–H groups in total. The number of rotatable bonds is 5. The second-order valence-corrected chi connectivity index (χ2v) is 11.9. The first kappa shape index (κ1) is 28.9. The van der Waals surface area contributed by atoms with Gasteiger partial charge in [0.05, 0.1) is 23.3 Å². The second kappa shape index (κ2) is 11.5. The molecule has 1 heterocycles. The normalized spacial score (nSPS) is 11.5. The van der Waals surface area contributed by atoms with Crippen molar-refractivity contribution in [3.8, 4) is 45.0 Å². The molecule has 0 atom stereocenters. The lowest BCUT2D eigenvalue weighted by molar-refractivity contribution is 0.477.